The van der Waals surface area contributed by atoms with Crippen LogP contribution < -0.4 is 4.74 Å². The Kier molecular flexibility index (Phi) is 4.72. The predicted molar refractivity (Wildman–Crippen MR) is 104 cm³/mol. The van der Waals surface area contributed by atoms with Gasteiger partial charge in [0.05, 0.1) is 12.3 Å². The minimum Gasteiger partial charge on any atom is -0.478 e. The standard InChI is InChI=1S/C22H30N2O2/c1-8-26-21-18(15(4)23-24(21)7)20(25)17-12-13(2)16-10-9-11-22(5,6)19(16)14(17)3/h12H,8-11H2,1-7H3. The third-order valence-corrected chi connectivity index (χ3v) is 5.75. The van der Waals surface area contributed by atoms with Crippen molar-refractivity contribution >= 4 is 5.78 Å². The van der Waals surface area contributed by atoms with Gasteiger partial charge in [-0.2, -0.15) is 5.10 Å². The van der Waals surface area contributed by atoms with Gasteiger partial charge in [-0.05, 0) is 80.7 Å². The lowest BCUT2D eigenvalue weighted by Crippen LogP contribution is -2.27. The van der Waals surface area contributed by atoms with E-state index in [-0.39, 0.29) is 11.2 Å². The van der Waals surface area contributed by atoms with Gasteiger partial charge in [-0.3, -0.25) is 4.79 Å². The van der Waals surface area contributed by atoms with E-state index in [4.69, 9.17) is 4.74 Å². The number of benzene rings is 1. The molecule has 1 aromatic carbocycles. The van der Waals surface area contributed by atoms with Crippen molar-refractivity contribution in [1.82, 2.24) is 9.78 Å². The molecule has 0 bridgehead atoms. The van der Waals surface area contributed by atoms with Crippen LogP contribution in [0.2, 0.25) is 0 Å². The van der Waals surface area contributed by atoms with Crippen molar-refractivity contribution in [3.8, 4) is 5.88 Å². The average molecular weight is 354 g/mol. The molecular weight excluding hydrogens is 324 g/mol. The van der Waals surface area contributed by atoms with Crippen LogP contribution in [0.4, 0.5) is 0 Å². The minimum absolute atomic E-state index is 0.0174. The first-order valence-corrected chi connectivity index (χ1v) is 9.53. The summed E-state index contributed by atoms with van der Waals surface area (Å²) < 4.78 is 7.40. The number of hydrogen-bond donors (Lipinski definition) is 0. The van der Waals surface area contributed by atoms with Gasteiger partial charge in [0.1, 0.15) is 5.56 Å². The van der Waals surface area contributed by atoms with E-state index in [0.717, 1.165) is 29.7 Å². The lowest BCUT2D eigenvalue weighted by molar-refractivity contribution is 0.103. The van der Waals surface area contributed by atoms with E-state index >= 15 is 0 Å². The average Bonchev–Trinajstić information content (AvgIpc) is 2.83. The van der Waals surface area contributed by atoms with E-state index in [1.165, 1.54) is 23.1 Å². The number of aryl methyl sites for hydroxylation is 3. The minimum atomic E-state index is 0.0174. The van der Waals surface area contributed by atoms with Crippen molar-refractivity contribution in [3.63, 3.8) is 0 Å². The van der Waals surface area contributed by atoms with Crippen molar-refractivity contribution in [3.05, 3.63) is 45.1 Å². The highest BCUT2D eigenvalue weighted by atomic mass is 16.5. The molecule has 1 aliphatic carbocycles. The number of nitrogens with zero attached hydrogens (tertiary/aromatic N) is 2. The second-order valence-corrected chi connectivity index (χ2v) is 8.11. The van der Waals surface area contributed by atoms with Crippen LogP contribution in [0, 0.1) is 20.8 Å². The maximum absolute atomic E-state index is 13.5. The molecule has 140 valence electrons. The van der Waals surface area contributed by atoms with Crippen LogP contribution in [0.25, 0.3) is 0 Å². The Morgan fingerprint density at radius 3 is 2.65 bits per heavy atom. The number of ether oxygens (including phenoxy) is 1. The third kappa shape index (κ3) is 2.85. The second kappa shape index (κ2) is 6.57. The molecule has 2 aromatic rings. The van der Waals surface area contributed by atoms with Crippen LogP contribution in [0.5, 0.6) is 5.88 Å². The maximum Gasteiger partial charge on any atom is 0.223 e. The number of carbonyl (C=O) groups excluding carboxylic acids is 1. The molecule has 4 nitrogen and oxygen atoms in total. The zero-order valence-corrected chi connectivity index (χ0v) is 17.1. The van der Waals surface area contributed by atoms with Gasteiger partial charge in [-0.15, -0.1) is 0 Å². The first kappa shape index (κ1) is 18.7. The third-order valence-electron chi connectivity index (χ3n) is 5.75. The van der Waals surface area contributed by atoms with Crippen molar-refractivity contribution < 1.29 is 9.53 Å². The van der Waals surface area contributed by atoms with Crippen LogP contribution >= 0.6 is 0 Å². The quantitative estimate of drug-likeness (QED) is 0.754. The highest BCUT2D eigenvalue weighted by molar-refractivity contribution is 6.12. The largest absolute Gasteiger partial charge is 0.478 e. The predicted octanol–water partition coefficient (Wildman–Crippen LogP) is 4.59. The molecule has 1 heterocycles. The normalized spacial score (nSPS) is 15.7. The van der Waals surface area contributed by atoms with Gasteiger partial charge in [0, 0.05) is 12.6 Å². The van der Waals surface area contributed by atoms with Gasteiger partial charge in [-0.25, -0.2) is 4.68 Å². The van der Waals surface area contributed by atoms with Gasteiger partial charge in [0.15, 0.2) is 0 Å². The zero-order valence-electron chi connectivity index (χ0n) is 17.1. The summed E-state index contributed by atoms with van der Waals surface area (Å²) in [5.74, 6) is 0.577. The molecule has 4 heteroatoms. The fourth-order valence-corrected chi connectivity index (χ4v) is 4.61. The van der Waals surface area contributed by atoms with E-state index < -0.39 is 0 Å². The molecule has 26 heavy (non-hydrogen) atoms. The monoisotopic (exact) mass is 354 g/mol. The van der Waals surface area contributed by atoms with Crippen LogP contribution in [-0.2, 0) is 18.9 Å². The lowest BCUT2D eigenvalue weighted by atomic mass is 9.68. The second-order valence-electron chi connectivity index (χ2n) is 8.11. The number of carbonyl (C=O) groups is 1. The Balaban J connectivity index is 2.20. The molecule has 0 amide bonds. The number of rotatable bonds is 4. The molecule has 1 aromatic heterocycles. The summed E-state index contributed by atoms with van der Waals surface area (Å²) in [6, 6.07) is 2.07. The van der Waals surface area contributed by atoms with Gasteiger partial charge in [-0.1, -0.05) is 13.8 Å². The number of hydrogen-bond acceptors (Lipinski definition) is 3. The van der Waals surface area contributed by atoms with E-state index in [1.54, 1.807) is 4.68 Å². The van der Waals surface area contributed by atoms with Crippen LogP contribution in [0.3, 0.4) is 0 Å². The van der Waals surface area contributed by atoms with Crippen LogP contribution in [-0.4, -0.2) is 22.2 Å². The fraction of sp³-hybridized carbons (Fsp3) is 0.545. The first-order chi connectivity index (χ1) is 12.2. The van der Waals surface area contributed by atoms with Crippen molar-refractivity contribution in [2.24, 2.45) is 7.05 Å². The highest BCUT2D eigenvalue weighted by Gasteiger charge is 2.33. The summed E-state index contributed by atoms with van der Waals surface area (Å²) in [6.45, 7) is 13.1. The molecule has 0 radical (unpaired) electrons. The van der Waals surface area contributed by atoms with E-state index in [1.807, 2.05) is 20.9 Å². The molecular formula is C22H30N2O2. The topological polar surface area (TPSA) is 44.1 Å². The van der Waals surface area contributed by atoms with Gasteiger partial charge in [0.2, 0.25) is 11.7 Å². The fourth-order valence-electron chi connectivity index (χ4n) is 4.61. The Morgan fingerprint density at radius 1 is 1.31 bits per heavy atom. The molecule has 0 N–H and O–H groups in total. The summed E-state index contributed by atoms with van der Waals surface area (Å²) >= 11 is 0. The van der Waals surface area contributed by atoms with Crippen LogP contribution in [0.1, 0.15) is 77.5 Å². The Labute approximate surface area is 156 Å². The van der Waals surface area contributed by atoms with Gasteiger partial charge < -0.3 is 4.74 Å². The molecule has 0 saturated heterocycles. The molecule has 3 rings (SSSR count). The van der Waals surface area contributed by atoms with E-state index in [9.17, 15) is 4.79 Å². The zero-order chi connectivity index (χ0) is 19.2. The first-order valence-electron chi connectivity index (χ1n) is 9.53. The maximum atomic E-state index is 13.5. The van der Waals surface area contributed by atoms with Crippen molar-refractivity contribution in [2.45, 2.75) is 66.2 Å². The lowest BCUT2D eigenvalue weighted by Gasteiger charge is -2.36. The van der Waals surface area contributed by atoms with Gasteiger partial charge in [0.25, 0.3) is 0 Å². The Morgan fingerprint density at radius 2 is 2.00 bits per heavy atom. The van der Waals surface area contributed by atoms with Crippen molar-refractivity contribution in [1.29, 1.82) is 0 Å². The molecule has 0 fully saturated rings. The summed E-state index contributed by atoms with van der Waals surface area (Å²) in [7, 11) is 1.82. The molecule has 0 aliphatic heterocycles. The summed E-state index contributed by atoms with van der Waals surface area (Å²) in [5.41, 5.74) is 7.33. The number of fused-ring (bicyclic) bond motifs is 1. The van der Waals surface area contributed by atoms with E-state index in [2.05, 4.69) is 38.9 Å². The highest BCUT2D eigenvalue weighted by Crippen LogP contribution is 2.42. The molecule has 0 saturated carbocycles. The summed E-state index contributed by atoms with van der Waals surface area (Å²) in [5, 5.41) is 4.42. The molecule has 0 unspecified atom stereocenters. The van der Waals surface area contributed by atoms with E-state index in [0.29, 0.717) is 18.1 Å². The smallest absolute Gasteiger partial charge is 0.223 e. The summed E-state index contributed by atoms with van der Waals surface area (Å²) in [6.07, 6.45) is 3.48. The molecule has 0 atom stereocenters. The SMILES string of the molecule is CCOc1c(C(=O)c2cc(C)c3c(c2C)C(C)(C)CCC3)c(C)nn1C. The number of ketones is 1. The van der Waals surface area contributed by atoms with Crippen LogP contribution in [0.15, 0.2) is 6.07 Å². The van der Waals surface area contributed by atoms with Gasteiger partial charge >= 0.3 is 0 Å². The molecule has 0 spiro atoms. The molecule has 1 aliphatic rings. The Hall–Kier alpha value is -2.10. The Bertz CT molecular complexity index is 875. The summed E-state index contributed by atoms with van der Waals surface area (Å²) in [4.78, 5) is 13.5. The van der Waals surface area contributed by atoms with Crippen molar-refractivity contribution in [2.75, 3.05) is 6.61 Å². The number of aromatic nitrogens is 2.